The van der Waals surface area contributed by atoms with Crippen molar-refractivity contribution >= 4 is 5.78 Å². The molecule has 0 aromatic heterocycles. The van der Waals surface area contributed by atoms with Crippen molar-refractivity contribution in [3.05, 3.63) is 35.4 Å². The van der Waals surface area contributed by atoms with Crippen LogP contribution in [0.3, 0.4) is 0 Å². The van der Waals surface area contributed by atoms with Gasteiger partial charge in [0.2, 0.25) is 0 Å². The zero-order valence-electron chi connectivity index (χ0n) is 12.3. The molecule has 2 heteroatoms. The Bertz CT molecular complexity index is 449. The number of ketones is 1. The molecule has 1 aromatic carbocycles. The van der Waals surface area contributed by atoms with Crippen molar-refractivity contribution < 1.29 is 4.79 Å². The van der Waals surface area contributed by atoms with Gasteiger partial charge in [0.05, 0.1) is 0 Å². The number of hydrogen-bond acceptors (Lipinski definition) is 2. The van der Waals surface area contributed by atoms with E-state index in [0.717, 1.165) is 18.4 Å². The third-order valence-electron chi connectivity index (χ3n) is 4.12. The van der Waals surface area contributed by atoms with E-state index in [1.54, 1.807) is 0 Å². The molecule has 2 N–H and O–H groups in total. The topological polar surface area (TPSA) is 43.1 Å². The van der Waals surface area contributed by atoms with Gasteiger partial charge in [0.1, 0.15) is 5.78 Å². The van der Waals surface area contributed by atoms with Crippen molar-refractivity contribution in [2.24, 2.45) is 5.73 Å². The number of rotatable bonds is 4. The molecule has 0 amide bonds. The number of carbonyl (C=O) groups is 1. The lowest BCUT2D eigenvalue weighted by molar-refractivity contribution is -0.120. The van der Waals surface area contributed by atoms with Gasteiger partial charge in [-0.05, 0) is 35.8 Å². The molecule has 0 saturated heterocycles. The summed E-state index contributed by atoms with van der Waals surface area (Å²) in [5, 5.41) is 0. The Morgan fingerprint density at radius 3 is 2.21 bits per heavy atom. The van der Waals surface area contributed by atoms with Crippen molar-refractivity contribution in [2.75, 3.05) is 0 Å². The Labute approximate surface area is 116 Å². The first-order chi connectivity index (χ1) is 8.78. The first-order valence-corrected chi connectivity index (χ1v) is 7.19. The molecule has 0 heterocycles. The number of nitrogens with two attached hydrogens (primary N) is 1. The van der Waals surface area contributed by atoms with Crippen molar-refractivity contribution in [3.8, 4) is 0 Å². The molecule has 1 aliphatic carbocycles. The van der Waals surface area contributed by atoms with E-state index in [0.29, 0.717) is 12.8 Å². The van der Waals surface area contributed by atoms with E-state index in [1.807, 2.05) is 0 Å². The molecule has 1 aliphatic rings. The summed E-state index contributed by atoms with van der Waals surface area (Å²) in [5.74, 6) is 0.269. The average molecular weight is 259 g/mol. The van der Waals surface area contributed by atoms with Gasteiger partial charge in [-0.1, -0.05) is 45.0 Å². The van der Waals surface area contributed by atoms with Crippen LogP contribution in [0.1, 0.15) is 57.6 Å². The highest BCUT2D eigenvalue weighted by Gasteiger charge is 2.34. The monoisotopic (exact) mass is 259 g/mol. The SMILES string of the molecule is CC(C)(C)c1ccc(CC(=O)CC2(N)CCC2)cc1. The second-order valence-electron chi connectivity index (χ2n) is 7.06. The quantitative estimate of drug-likeness (QED) is 0.901. The molecular formula is C17H25NO. The average Bonchev–Trinajstić information content (AvgIpc) is 2.26. The van der Waals surface area contributed by atoms with Crippen LogP contribution in [0.2, 0.25) is 0 Å². The predicted molar refractivity (Wildman–Crippen MR) is 79.2 cm³/mol. The Morgan fingerprint density at radius 1 is 1.21 bits per heavy atom. The van der Waals surface area contributed by atoms with Gasteiger partial charge in [0, 0.05) is 18.4 Å². The van der Waals surface area contributed by atoms with Crippen LogP contribution in [0.15, 0.2) is 24.3 Å². The smallest absolute Gasteiger partial charge is 0.139 e. The van der Waals surface area contributed by atoms with Crippen LogP contribution in [0, 0.1) is 0 Å². The zero-order chi connectivity index (χ0) is 14.1. The third kappa shape index (κ3) is 3.66. The zero-order valence-corrected chi connectivity index (χ0v) is 12.3. The Balaban J connectivity index is 1.94. The van der Waals surface area contributed by atoms with Gasteiger partial charge in [0.15, 0.2) is 0 Å². The number of benzene rings is 1. The summed E-state index contributed by atoms with van der Waals surface area (Å²) in [6, 6.07) is 8.40. The third-order valence-corrected chi connectivity index (χ3v) is 4.12. The lowest BCUT2D eigenvalue weighted by Crippen LogP contribution is -2.48. The molecule has 0 aliphatic heterocycles. The Kier molecular flexibility index (Phi) is 3.82. The first kappa shape index (κ1) is 14.3. The summed E-state index contributed by atoms with van der Waals surface area (Å²) in [6.45, 7) is 6.59. The molecule has 0 spiro atoms. The second kappa shape index (κ2) is 5.09. The van der Waals surface area contributed by atoms with Gasteiger partial charge in [-0.15, -0.1) is 0 Å². The fourth-order valence-electron chi connectivity index (χ4n) is 2.61. The maximum Gasteiger partial charge on any atom is 0.139 e. The Hall–Kier alpha value is -1.15. The molecule has 0 bridgehead atoms. The van der Waals surface area contributed by atoms with Crippen LogP contribution >= 0.6 is 0 Å². The lowest BCUT2D eigenvalue weighted by Gasteiger charge is -2.37. The van der Waals surface area contributed by atoms with Crippen LogP contribution < -0.4 is 5.73 Å². The van der Waals surface area contributed by atoms with Gasteiger partial charge in [-0.2, -0.15) is 0 Å². The molecule has 0 radical (unpaired) electrons. The van der Waals surface area contributed by atoms with Crippen molar-refractivity contribution in [1.82, 2.24) is 0 Å². The molecule has 0 unspecified atom stereocenters. The summed E-state index contributed by atoms with van der Waals surface area (Å²) in [4.78, 5) is 12.0. The van der Waals surface area contributed by atoms with Crippen LogP contribution in [0.4, 0.5) is 0 Å². The van der Waals surface area contributed by atoms with Crippen LogP contribution in [0.25, 0.3) is 0 Å². The van der Waals surface area contributed by atoms with E-state index in [-0.39, 0.29) is 16.7 Å². The van der Waals surface area contributed by atoms with Crippen molar-refractivity contribution in [3.63, 3.8) is 0 Å². The van der Waals surface area contributed by atoms with E-state index in [1.165, 1.54) is 12.0 Å². The fourth-order valence-corrected chi connectivity index (χ4v) is 2.61. The number of carbonyl (C=O) groups excluding carboxylic acids is 1. The standard InChI is InChI=1S/C17H25NO/c1-16(2,3)14-7-5-13(6-8-14)11-15(19)12-17(18)9-4-10-17/h5-8H,4,9-12,18H2,1-3H3. The maximum atomic E-state index is 12.0. The van der Waals surface area contributed by atoms with Crippen molar-refractivity contribution in [1.29, 1.82) is 0 Å². The number of hydrogen-bond donors (Lipinski definition) is 1. The van der Waals surface area contributed by atoms with E-state index < -0.39 is 0 Å². The molecular weight excluding hydrogens is 234 g/mol. The summed E-state index contributed by atoms with van der Waals surface area (Å²) in [5.41, 5.74) is 8.49. The van der Waals surface area contributed by atoms with E-state index in [4.69, 9.17) is 5.73 Å². The maximum absolute atomic E-state index is 12.0. The molecule has 0 atom stereocenters. The summed E-state index contributed by atoms with van der Waals surface area (Å²) in [6.07, 6.45) is 4.23. The van der Waals surface area contributed by atoms with Crippen molar-refractivity contribution in [2.45, 2.75) is 63.8 Å². The van der Waals surface area contributed by atoms with E-state index >= 15 is 0 Å². The normalized spacial score (nSPS) is 17.9. The molecule has 2 nitrogen and oxygen atoms in total. The van der Waals surface area contributed by atoms with Gasteiger partial charge in [-0.25, -0.2) is 0 Å². The molecule has 1 saturated carbocycles. The lowest BCUT2D eigenvalue weighted by atomic mass is 9.74. The highest BCUT2D eigenvalue weighted by Crippen LogP contribution is 2.32. The second-order valence-corrected chi connectivity index (χ2v) is 7.06. The molecule has 2 rings (SSSR count). The van der Waals surface area contributed by atoms with Gasteiger partial charge >= 0.3 is 0 Å². The Morgan fingerprint density at radius 2 is 1.79 bits per heavy atom. The van der Waals surface area contributed by atoms with Gasteiger partial charge < -0.3 is 5.73 Å². The summed E-state index contributed by atoms with van der Waals surface area (Å²) < 4.78 is 0. The van der Waals surface area contributed by atoms with E-state index in [9.17, 15) is 4.79 Å². The minimum Gasteiger partial charge on any atom is -0.325 e. The molecule has 1 aromatic rings. The number of Topliss-reactive ketones (excluding diaryl/α,β-unsaturated/α-hetero) is 1. The predicted octanol–water partition coefficient (Wildman–Crippen LogP) is 3.37. The molecule has 1 fully saturated rings. The van der Waals surface area contributed by atoms with E-state index in [2.05, 4.69) is 45.0 Å². The first-order valence-electron chi connectivity index (χ1n) is 7.19. The fraction of sp³-hybridized carbons (Fsp3) is 0.588. The largest absolute Gasteiger partial charge is 0.325 e. The van der Waals surface area contributed by atoms with Crippen LogP contribution in [0.5, 0.6) is 0 Å². The highest BCUT2D eigenvalue weighted by atomic mass is 16.1. The summed E-state index contributed by atoms with van der Waals surface area (Å²) >= 11 is 0. The summed E-state index contributed by atoms with van der Waals surface area (Å²) in [7, 11) is 0. The van der Waals surface area contributed by atoms with Gasteiger partial charge in [0.25, 0.3) is 0 Å². The van der Waals surface area contributed by atoms with Crippen LogP contribution in [-0.4, -0.2) is 11.3 Å². The van der Waals surface area contributed by atoms with Gasteiger partial charge in [-0.3, -0.25) is 4.79 Å². The minimum atomic E-state index is -0.192. The highest BCUT2D eigenvalue weighted by molar-refractivity contribution is 5.82. The molecule has 104 valence electrons. The van der Waals surface area contributed by atoms with Crippen LogP contribution in [-0.2, 0) is 16.6 Å². The minimum absolute atomic E-state index is 0.162. The molecule has 19 heavy (non-hydrogen) atoms.